The molecular weight excluding hydrogens is 266 g/mol. The summed E-state index contributed by atoms with van der Waals surface area (Å²) >= 11 is 0.690. The molecule has 0 fully saturated rings. The molecule has 0 radical (unpaired) electrons. The summed E-state index contributed by atoms with van der Waals surface area (Å²) in [7, 11) is 0. The average Bonchev–Trinajstić information content (AvgIpc) is 2.61. The summed E-state index contributed by atoms with van der Waals surface area (Å²) in [6.07, 6.45) is 0. The smallest absolute Gasteiger partial charge is 0.477 e. The summed E-state index contributed by atoms with van der Waals surface area (Å²) in [5, 5.41) is 7.88. The van der Waals surface area contributed by atoms with Gasteiger partial charge in [0.05, 0.1) is 5.75 Å². The molecule has 0 bridgehead atoms. The quantitative estimate of drug-likeness (QED) is 0.695. The fourth-order valence-electron chi connectivity index (χ4n) is 0.912. The van der Waals surface area contributed by atoms with Crippen LogP contribution < -0.4 is 11.6 Å². The zero-order chi connectivity index (χ0) is 13.7. The van der Waals surface area contributed by atoms with Crippen molar-refractivity contribution in [3.8, 4) is 0 Å². The molecule has 100 valence electrons. The number of thioether (sulfide) groups is 1. The Morgan fingerprint density at radius 3 is 2.67 bits per heavy atom. The van der Waals surface area contributed by atoms with Gasteiger partial charge >= 0.3 is 17.1 Å². The Kier molecular flexibility index (Phi) is 4.98. The molecule has 8 nitrogen and oxygen atoms in total. The molecule has 0 saturated carbocycles. The number of aliphatic carboxylic acids is 1. The second-order valence-corrected chi connectivity index (χ2v) is 4.27. The fraction of sp³-hybridized carbons (Fsp3) is 0.444. The van der Waals surface area contributed by atoms with E-state index in [0.29, 0.717) is 11.8 Å². The Morgan fingerprint density at radius 2 is 2.17 bits per heavy atom. The lowest BCUT2D eigenvalue weighted by Gasteiger charge is -2.03. The molecule has 0 aliphatic carbocycles. The van der Waals surface area contributed by atoms with Crippen molar-refractivity contribution in [1.29, 1.82) is 0 Å². The zero-order valence-electron chi connectivity index (χ0n) is 9.50. The Balaban J connectivity index is 2.36. The highest BCUT2D eigenvalue weighted by molar-refractivity contribution is 8.13. The Bertz CT molecular complexity index is 491. The minimum absolute atomic E-state index is 0.00246. The summed E-state index contributed by atoms with van der Waals surface area (Å²) in [4.78, 5) is 32.4. The number of rotatable bonds is 5. The van der Waals surface area contributed by atoms with E-state index in [0.717, 1.165) is 0 Å². The first-order chi connectivity index (χ1) is 8.40. The van der Waals surface area contributed by atoms with E-state index in [2.05, 4.69) is 14.6 Å². The van der Waals surface area contributed by atoms with Gasteiger partial charge in [0.2, 0.25) is 0 Å². The van der Waals surface area contributed by atoms with Crippen LogP contribution in [-0.2, 0) is 16.1 Å². The number of ether oxygens (including phenoxy) is 1. The van der Waals surface area contributed by atoms with Crippen LogP contribution in [0.4, 0.5) is 4.79 Å². The largest absolute Gasteiger partial charge is 0.519 e. The number of hydrogen-bond acceptors (Lipinski definition) is 7. The van der Waals surface area contributed by atoms with Gasteiger partial charge in [0, 0.05) is 0 Å². The summed E-state index contributed by atoms with van der Waals surface area (Å²) in [6, 6.07) is -0.892. The number of carbonyl (C=O) groups is 2. The first kappa shape index (κ1) is 14.3. The zero-order valence-corrected chi connectivity index (χ0v) is 10.3. The number of carboxylic acid groups (broad SMARTS) is 1. The second kappa shape index (κ2) is 6.26. The van der Waals surface area contributed by atoms with Gasteiger partial charge in [0.15, 0.2) is 24.2 Å². The Labute approximate surface area is 105 Å². The van der Waals surface area contributed by atoms with Crippen LogP contribution >= 0.6 is 11.8 Å². The topological polar surface area (TPSA) is 135 Å². The van der Waals surface area contributed by atoms with E-state index in [1.54, 1.807) is 0 Å². The minimum atomic E-state index is -1.09. The monoisotopic (exact) mass is 278 g/mol. The SMILES string of the molecule is Cc1oc(=O)oc1COC(=O)SCC([NH3+])C(=O)O. The average molecular weight is 278 g/mol. The molecule has 9 heteroatoms. The van der Waals surface area contributed by atoms with E-state index in [9.17, 15) is 14.4 Å². The van der Waals surface area contributed by atoms with Crippen LogP contribution in [0.2, 0.25) is 0 Å². The third-order valence-electron chi connectivity index (χ3n) is 1.91. The lowest BCUT2D eigenvalue weighted by molar-refractivity contribution is -0.400. The first-order valence-corrected chi connectivity index (χ1v) is 5.83. The molecule has 0 aromatic carbocycles. The summed E-state index contributed by atoms with van der Waals surface area (Å²) < 4.78 is 13.9. The van der Waals surface area contributed by atoms with Crippen molar-refractivity contribution in [2.75, 3.05) is 5.75 Å². The third-order valence-corrected chi connectivity index (χ3v) is 2.83. The van der Waals surface area contributed by atoms with Crippen LogP contribution in [0.5, 0.6) is 0 Å². The molecule has 1 atom stereocenters. The molecule has 1 aromatic heterocycles. The number of carboxylic acids is 1. The Hall–Kier alpha value is -1.74. The van der Waals surface area contributed by atoms with Crippen LogP contribution in [0.1, 0.15) is 11.5 Å². The van der Waals surface area contributed by atoms with E-state index in [1.165, 1.54) is 6.92 Å². The van der Waals surface area contributed by atoms with Crippen LogP contribution in [0, 0.1) is 6.92 Å². The summed E-state index contributed by atoms with van der Waals surface area (Å²) in [5.41, 5.74) is 3.34. The van der Waals surface area contributed by atoms with Crippen molar-refractivity contribution < 1.29 is 34.0 Å². The number of quaternary nitrogens is 1. The van der Waals surface area contributed by atoms with Gasteiger partial charge in [-0.05, 0) is 18.7 Å². The van der Waals surface area contributed by atoms with Gasteiger partial charge in [-0.2, -0.15) is 0 Å². The molecule has 0 amide bonds. The van der Waals surface area contributed by atoms with Crippen LogP contribution in [0.15, 0.2) is 13.6 Å². The maximum absolute atomic E-state index is 11.2. The molecule has 1 aromatic rings. The van der Waals surface area contributed by atoms with Crippen molar-refractivity contribution in [3.63, 3.8) is 0 Å². The molecule has 1 rings (SSSR count). The van der Waals surface area contributed by atoms with Crippen molar-refractivity contribution in [2.45, 2.75) is 19.6 Å². The molecule has 0 spiro atoms. The molecule has 1 heterocycles. The summed E-state index contributed by atoms with van der Waals surface area (Å²) in [5.74, 6) is -1.60. The molecule has 0 saturated heterocycles. The lowest BCUT2D eigenvalue weighted by Crippen LogP contribution is -2.66. The van der Waals surface area contributed by atoms with Crippen LogP contribution in [0.25, 0.3) is 0 Å². The van der Waals surface area contributed by atoms with Gasteiger partial charge in [-0.15, -0.1) is 0 Å². The van der Waals surface area contributed by atoms with Gasteiger partial charge in [-0.1, -0.05) is 0 Å². The number of aryl methyl sites for hydroxylation is 1. The maximum atomic E-state index is 11.2. The molecular formula is C9H12NO7S+. The van der Waals surface area contributed by atoms with E-state index < -0.39 is 23.1 Å². The minimum Gasteiger partial charge on any atom is -0.477 e. The van der Waals surface area contributed by atoms with Gasteiger partial charge in [-0.3, -0.25) is 0 Å². The van der Waals surface area contributed by atoms with Crippen molar-refractivity contribution in [2.24, 2.45) is 0 Å². The van der Waals surface area contributed by atoms with E-state index >= 15 is 0 Å². The third kappa shape index (κ3) is 4.26. The van der Waals surface area contributed by atoms with Gasteiger partial charge in [0.1, 0.15) is 0 Å². The van der Waals surface area contributed by atoms with Crippen LogP contribution in [-0.4, -0.2) is 28.2 Å². The van der Waals surface area contributed by atoms with Gasteiger partial charge in [0.25, 0.3) is 0 Å². The highest BCUT2D eigenvalue weighted by Crippen LogP contribution is 2.11. The van der Waals surface area contributed by atoms with E-state index in [4.69, 9.17) is 9.84 Å². The van der Waals surface area contributed by atoms with E-state index in [1.807, 2.05) is 0 Å². The highest BCUT2D eigenvalue weighted by Gasteiger charge is 2.19. The normalized spacial score (nSPS) is 12.1. The molecule has 4 N–H and O–H groups in total. The van der Waals surface area contributed by atoms with Gasteiger partial charge in [-0.25, -0.2) is 14.4 Å². The van der Waals surface area contributed by atoms with E-state index in [-0.39, 0.29) is 23.9 Å². The van der Waals surface area contributed by atoms with Crippen LogP contribution in [0.3, 0.4) is 0 Å². The highest BCUT2D eigenvalue weighted by atomic mass is 32.2. The lowest BCUT2D eigenvalue weighted by atomic mass is 10.4. The Morgan fingerprint density at radius 1 is 1.50 bits per heavy atom. The predicted octanol–water partition coefficient (Wildman–Crippen LogP) is -0.394. The number of hydrogen-bond donors (Lipinski definition) is 2. The second-order valence-electron chi connectivity index (χ2n) is 3.32. The van der Waals surface area contributed by atoms with Crippen molar-refractivity contribution in [3.05, 3.63) is 22.1 Å². The maximum Gasteiger partial charge on any atom is 0.519 e. The van der Waals surface area contributed by atoms with Crippen molar-refractivity contribution in [1.82, 2.24) is 0 Å². The standard InChI is InChI=1S/C9H11NO7S/c1-4-6(17-8(13)16-4)2-15-9(14)18-3-5(10)7(11)12/h5H,2-3,10H2,1H3,(H,11,12)/p+1. The molecule has 0 aliphatic rings. The molecule has 0 aliphatic heterocycles. The first-order valence-electron chi connectivity index (χ1n) is 4.85. The summed E-state index contributed by atoms with van der Waals surface area (Å²) in [6.45, 7) is 1.26. The van der Waals surface area contributed by atoms with Gasteiger partial charge < -0.3 is 24.4 Å². The molecule has 1 unspecified atom stereocenters. The van der Waals surface area contributed by atoms with Crippen molar-refractivity contribution >= 4 is 23.0 Å². The number of carbonyl (C=O) groups excluding carboxylic acids is 1. The molecule has 18 heavy (non-hydrogen) atoms. The fourth-order valence-corrected chi connectivity index (χ4v) is 1.53. The predicted molar refractivity (Wildman–Crippen MR) is 58.9 cm³/mol.